The largest absolute Gasteiger partial charge is 0.507 e. The van der Waals surface area contributed by atoms with Crippen LogP contribution in [0.1, 0.15) is 150 Å². The van der Waals surface area contributed by atoms with Crippen LogP contribution in [0.3, 0.4) is 0 Å². The molecule has 0 unspecified atom stereocenters. The normalized spacial score (nSPS) is 18.3. The number of nitrogens with one attached hydrogen (secondary N) is 1. The van der Waals surface area contributed by atoms with Crippen LogP contribution in [0.25, 0.3) is 21.7 Å². The molecule has 14 aromatic carbocycles. The highest BCUT2D eigenvalue weighted by atomic mass is 32.1. The molecule has 7 N–H and O–H groups in total. The van der Waals surface area contributed by atoms with Crippen molar-refractivity contribution in [3.63, 3.8) is 0 Å². The zero-order valence-corrected chi connectivity index (χ0v) is 79.0. The second kappa shape index (κ2) is 40.1. The molecule has 0 saturated carbocycles. The molecule has 22 nitrogen and oxygen atoms in total. The van der Waals surface area contributed by atoms with Gasteiger partial charge in [0.15, 0.2) is 51.1 Å². The highest BCUT2D eigenvalue weighted by molar-refractivity contribution is 7.12. The van der Waals surface area contributed by atoms with Gasteiger partial charge >= 0.3 is 0 Å². The molecule has 22 rings (SSSR count). The lowest BCUT2D eigenvalue weighted by atomic mass is 9.87. The van der Waals surface area contributed by atoms with Crippen molar-refractivity contribution in [1.82, 2.24) is 4.98 Å². The fourth-order valence-corrected chi connectivity index (χ4v) is 20.1. The lowest BCUT2D eigenvalue weighted by molar-refractivity contribution is -0.136. The Morgan fingerprint density at radius 2 is 0.711 bits per heavy atom. The summed E-state index contributed by atoms with van der Waals surface area (Å²) in [7, 11) is 0. The number of phenolic OH excluding ortho intramolecular Hbond substituents is 1. The van der Waals surface area contributed by atoms with Gasteiger partial charge in [-0.15, -0.1) is 11.3 Å². The third-order valence-corrected chi connectivity index (χ3v) is 28.0. The number of aromatic hydroxyl groups is 1. The number of nitrogens with zero attached hydrogens (tertiary/aromatic N) is 5. The van der Waals surface area contributed by atoms with Crippen LogP contribution in [0.5, 0.6) is 5.75 Å². The number of H-pyrrole nitrogens is 1. The molecule has 0 radical (unpaired) electrons. The number of ketones is 4. The smallest absolute Gasteiger partial charge is 0.268 e. The van der Waals surface area contributed by atoms with E-state index in [1.807, 2.05) is 258 Å². The van der Waals surface area contributed by atoms with E-state index < -0.39 is 69.6 Å². The van der Waals surface area contributed by atoms with Crippen LogP contribution < -0.4 is 24.5 Å². The number of hydrogen-bond acceptors (Lipinski definition) is 17. The molecule has 5 amide bonds. The molecule has 0 aliphatic carbocycles. The number of aromatic amines is 1. The number of thiophene rings is 1. The molecule has 8 heterocycles. The number of aryl methyl sites for hydroxylation is 4. The molecule has 142 heavy (non-hydrogen) atoms. The van der Waals surface area contributed by atoms with Crippen molar-refractivity contribution in [3.05, 3.63) is 487 Å². The zero-order chi connectivity index (χ0) is 99.4. The predicted octanol–water partition coefficient (Wildman–Crippen LogP) is 20.5. The summed E-state index contributed by atoms with van der Waals surface area (Å²) >= 11 is 1.32. The first kappa shape index (κ1) is 95.8. The van der Waals surface area contributed by atoms with Gasteiger partial charge in [0.05, 0.1) is 104 Å². The van der Waals surface area contributed by atoms with Gasteiger partial charge < -0.3 is 64.5 Å². The van der Waals surface area contributed by atoms with Crippen molar-refractivity contribution in [3.8, 4) is 5.75 Å². The van der Waals surface area contributed by atoms with Crippen LogP contribution in [0.15, 0.2) is 386 Å². The second-order valence-electron chi connectivity index (χ2n) is 36.1. The van der Waals surface area contributed by atoms with Crippen LogP contribution in [-0.4, -0.2) is 88.3 Å². The van der Waals surface area contributed by atoms with Gasteiger partial charge in [0.1, 0.15) is 5.75 Å². The van der Waals surface area contributed by atoms with Crippen molar-refractivity contribution in [2.24, 2.45) is 0 Å². The van der Waals surface area contributed by atoms with Crippen LogP contribution >= 0.6 is 11.3 Å². The summed E-state index contributed by atoms with van der Waals surface area (Å²) in [5.74, 6) is -3.71. The number of furan rings is 1. The molecule has 5 aliphatic heterocycles. The third-order valence-electron chi connectivity index (χ3n) is 27.1. The molecule has 0 bridgehead atoms. The number of Topliss-reactive ketones (excluding diaryl/α,β-unsaturated/α-hetero) is 4. The number of para-hydroxylation sites is 7. The third kappa shape index (κ3) is 18.4. The number of amides is 5. The number of benzene rings is 14. The Labute approximate surface area is 823 Å². The van der Waals surface area contributed by atoms with Crippen LogP contribution in [-0.2, 0) is 84.7 Å². The van der Waals surface area contributed by atoms with Crippen molar-refractivity contribution >= 4 is 114 Å². The maximum atomic E-state index is 13.6. The average molecular weight is 1900 g/mol. The Bertz CT molecular complexity index is 7540. The molecule has 23 heteroatoms. The molecule has 0 spiro atoms. The van der Waals surface area contributed by atoms with E-state index in [0.717, 1.165) is 71.9 Å². The molecule has 0 saturated heterocycles. The highest BCUT2D eigenvalue weighted by Gasteiger charge is 2.57. The lowest BCUT2D eigenvalue weighted by Gasteiger charge is -2.23. The summed E-state index contributed by atoms with van der Waals surface area (Å²) in [5, 5.41) is 71.9. The first-order valence-electron chi connectivity index (χ1n) is 46.5. The number of aliphatic hydroxyl groups is 5. The minimum Gasteiger partial charge on any atom is -0.507 e. The van der Waals surface area contributed by atoms with E-state index in [1.54, 1.807) is 147 Å². The fraction of sp³-hybridized carbons (Fsp3) is 0.151. The first-order chi connectivity index (χ1) is 68.6. The number of hydrogen-bond donors (Lipinski definition) is 7. The Morgan fingerprint density at radius 3 is 1.19 bits per heavy atom. The van der Waals surface area contributed by atoms with Gasteiger partial charge in [-0.1, -0.05) is 303 Å². The van der Waals surface area contributed by atoms with Gasteiger partial charge in [0.2, 0.25) is 5.78 Å². The van der Waals surface area contributed by atoms with Crippen molar-refractivity contribution < 1.29 is 78.2 Å². The summed E-state index contributed by atoms with van der Waals surface area (Å²) in [6.45, 7) is 9.73. The minimum absolute atomic E-state index is 0.0821. The Balaban J connectivity index is 0.000000117. The Morgan fingerprint density at radius 1 is 0.324 bits per heavy atom. The molecule has 708 valence electrons. The van der Waals surface area contributed by atoms with Crippen molar-refractivity contribution in [2.75, 3.05) is 24.5 Å². The fourth-order valence-electron chi connectivity index (χ4n) is 19.4. The molecular weight excluding hydrogens is 1800 g/mol. The SMILES string of the molecule is Cc1ccc(CN2C(=O)[C@](O)(c3c[nH]c4ccccc34)c3ccccc32)cc1.Cc1ccccc1CN1C(=O)[C@](O)(CC(=O)c2ccccc2)c2ccccc21.Cc1ccccc1CN1C(=O)[C@](O)(CC(=O)c2ccco2)c2ccccc21.Cc1ccccc1CN1C(=O)[C@](O)(CC(=O)c2cccs2)c2ccccc21.O=C(C[C@@]1(O)C(=O)N(Cc2cccc3ccccc23)c2ccccc21)c1ccccc1O. The number of anilines is 5. The van der Waals surface area contributed by atoms with Gasteiger partial charge in [0.25, 0.3) is 29.5 Å². The van der Waals surface area contributed by atoms with E-state index in [4.69, 9.17) is 4.42 Å². The molecule has 5 atom stereocenters. The summed E-state index contributed by atoms with van der Waals surface area (Å²) in [4.78, 5) is 129. The van der Waals surface area contributed by atoms with Gasteiger partial charge in [-0.05, 0) is 155 Å². The lowest BCUT2D eigenvalue weighted by Crippen LogP contribution is -2.41. The zero-order valence-electron chi connectivity index (χ0n) is 78.1. The standard InChI is InChI=1S/C27H21NO4.C24H20N2O2.C24H21NO3.C22H19NO4.C22H19NO3S/c29-24-15-6-3-12-21(24)25(30)16-27(32)22-13-4-5-14-23(22)28(26(27)31)17-19-10-7-9-18-8-1-2-11-20(18)19;1-16-10-12-17(13-11-16)15-26-22-9-5-3-7-19(22)24(28,23(26)27)20-14-25-21-8-4-2-6-18(20)21;1-17-9-5-6-12-19(17)16-25-21-14-8-7-13-20(21)24(28,23(25)27)15-22(26)18-10-3-2-4-11-18;2*1-15-7-2-3-8-16(15)14-23-18-10-5-4-9-17(18)22(26,21(23)25)13-19(24)20-11-6-12-27-20/h1-15,29,32H,16-17H2;2-14,25,28H,15H2,1H3;2-14,28H,15-16H2,1H3;2*2-12,26H,13-14H2,1H3/t27-;2*24-;2*22-/m01000/s1. The number of fused-ring (bicyclic) bond motifs is 7. The van der Waals surface area contributed by atoms with Gasteiger partial charge in [-0.3, -0.25) is 43.2 Å². The average Bonchev–Trinajstić information content (AvgIpc) is 1.56. The second-order valence-corrected chi connectivity index (χ2v) is 37.0. The summed E-state index contributed by atoms with van der Waals surface area (Å²) < 4.78 is 5.13. The monoisotopic (exact) mass is 1900 g/mol. The number of rotatable bonds is 23. The highest BCUT2D eigenvalue weighted by Crippen LogP contribution is 2.51. The van der Waals surface area contributed by atoms with E-state index in [0.29, 0.717) is 92.7 Å². The van der Waals surface area contributed by atoms with Crippen molar-refractivity contribution in [2.45, 2.75) is 114 Å². The quantitative estimate of drug-likeness (QED) is 0.0293. The van der Waals surface area contributed by atoms with Crippen molar-refractivity contribution in [1.29, 1.82) is 0 Å². The molecule has 5 aliphatic rings. The number of phenols is 1. The van der Waals surface area contributed by atoms with Crippen LogP contribution in [0, 0.1) is 27.7 Å². The summed E-state index contributed by atoms with van der Waals surface area (Å²) in [6, 6.07) is 111. The van der Waals surface area contributed by atoms with E-state index >= 15 is 0 Å². The molecule has 17 aromatic rings. The molecule has 0 fully saturated rings. The number of carbonyl (C=O) groups is 9. The minimum atomic E-state index is -2.00. The Hall–Kier alpha value is -16.5. The van der Waals surface area contributed by atoms with Gasteiger partial charge in [0, 0.05) is 56.0 Å². The maximum Gasteiger partial charge on any atom is 0.268 e. The molecule has 3 aromatic heterocycles. The number of aromatic nitrogens is 1. The van der Waals surface area contributed by atoms with E-state index in [-0.39, 0.29) is 60.4 Å². The first-order valence-corrected chi connectivity index (χ1v) is 47.4. The topological polar surface area (TPSA) is 320 Å². The number of carbonyl (C=O) groups excluding carboxylic acids is 9. The Kier molecular flexibility index (Phi) is 27.1. The summed E-state index contributed by atoms with van der Waals surface area (Å²) in [6.07, 6.45) is 1.79. The predicted molar refractivity (Wildman–Crippen MR) is 547 cm³/mol. The summed E-state index contributed by atoms with van der Waals surface area (Å²) in [5.41, 5.74) is 7.83. The van der Waals surface area contributed by atoms with Crippen LogP contribution in [0.4, 0.5) is 28.4 Å². The maximum absolute atomic E-state index is 13.6. The van der Waals surface area contributed by atoms with E-state index in [9.17, 15) is 73.8 Å². The van der Waals surface area contributed by atoms with Crippen LogP contribution in [0.2, 0.25) is 0 Å². The van der Waals surface area contributed by atoms with E-state index in [1.165, 1.54) is 46.3 Å². The van der Waals surface area contributed by atoms with E-state index in [2.05, 4.69) is 4.98 Å². The van der Waals surface area contributed by atoms with Gasteiger partial charge in [-0.25, -0.2) is 0 Å². The van der Waals surface area contributed by atoms with Gasteiger partial charge in [-0.2, -0.15) is 0 Å². The molecular formula is C119H100N6O16S.